The molecule has 180 valence electrons. The van der Waals surface area contributed by atoms with Gasteiger partial charge >= 0.3 is 12.1 Å². The van der Waals surface area contributed by atoms with E-state index in [1.165, 1.54) is 4.90 Å². The first-order valence-corrected chi connectivity index (χ1v) is 12.4. The number of amides is 2. The summed E-state index contributed by atoms with van der Waals surface area (Å²) in [7, 11) is 1.55. The number of piperidine rings is 1. The first-order chi connectivity index (χ1) is 16.5. The molecule has 1 unspecified atom stereocenters. The van der Waals surface area contributed by atoms with E-state index in [9.17, 15) is 14.4 Å². The highest BCUT2D eigenvalue weighted by Gasteiger charge is 2.44. The lowest BCUT2D eigenvalue weighted by Crippen LogP contribution is -2.52. The number of hydrogen-bond donors (Lipinski definition) is 0. The molecule has 2 saturated heterocycles. The average Bonchev–Trinajstić information content (AvgIpc) is 3.28. The fraction of sp³-hybridized carbons (Fsp3) is 0.400. The number of methoxy groups -OCH3 is 1. The number of likely N-dealkylation sites (tertiary alicyclic amines) is 1. The summed E-state index contributed by atoms with van der Waals surface area (Å²) in [6, 6.07) is 14.0. The maximum Gasteiger partial charge on any atom is 0.410 e. The van der Waals surface area contributed by atoms with Crippen molar-refractivity contribution in [3.8, 4) is 5.75 Å². The molecule has 2 amide bonds. The molecule has 2 aromatic carbocycles. The topological polar surface area (TPSA) is 85.4 Å². The zero-order chi connectivity index (χ0) is 24.1. The Morgan fingerprint density at radius 2 is 1.85 bits per heavy atom. The van der Waals surface area contributed by atoms with Gasteiger partial charge in [-0.3, -0.25) is 9.69 Å². The molecule has 0 bridgehead atoms. The third-order valence-corrected chi connectivity index (χ3v) is 6.92. The smallest absolute Gasteiger partial charge is 0.410 e. The molecule has 2 fully saturated rings. The van der Waals surface area contributed by atoms with Crippen molar-refractivity contribution in [2.24, 2.45) is 0 Å². The molecule has 2 aliphatic rings. The van der Waals surface area contributed by atoms with Gasteiger partial charge in [-0.15, -0.1) is 11.8 Å². The van der Waals surface area contributed by atoms with Crippen LogP contribution in [0.5, 0.6) is 5.75 Å². The molecule has 0 N–H and O–H groups in total. The van der Waals surface area contributed by atoms with Crippen LogP contribution in [0.25, 0.3) is 0 Å². The predicted molar refractivity (Wildman–Crippen MR) is 127 cm³/mol. The van der Waals surface area contributed by atoms with Gasteiger partial charge in [0.1, 0.15) is 19.0 Å². The van der Waals surface area contributed by atoms with Crippen molar-refractivity contribution < 1.29 is 28.6 Å². The van der Waals surface area contributed by atoms with Crippen LogP contribution in [0.3, 0.4) is 0 Å². The summed E-state index contributed by atoms with van der Waals surface area (Å²) in [4.78, 5) is 42.6. The molecule has 34 heavy (non-hydrogen) atoms. The van der Waals surface area contributed by atoms with Crippen LogP contribution < -0.4 is 4.74 Å². The van der Waals surface area contributed by atoms with Gasteiger partial charge in [-0.2, -0.15) is 0 Å². The Bertz CT molecular complexity index is 1040. The highest BCUT2D eigenvalue weighted by Crippen LogP contribution is 2.29. The number of thioether (sulfide) groups is 1. The number of nitrogens with zero attached hydrogens (tertiary/aromatic N) is 2. The molecule has 1 atom stereocenters. The van der Waals surface area contributed by atoms with Gasteiger partial charge in [-0.1, -0.05) is 30.3 Å². The Balaban J connectivity index is 1.37. The molecule has 0 spiro atoms. The number of ether oxygens (including phenoxy) is 3. The van der Waals surface area contributed by atoms with E-state index in [1.54, 1.807) is 29.8 Å². The monoisotopic (exact) mass is 484 g/mol. The maximum atomic E-state index is 13.1. The van der Waals surface area contributed by atoms with Crippen molar-refractivity contribution in [2.75, 3.05) is 33.1 Å². The van der Waals surface area contributed by atoms with Gasteiger partial charge in [-0.05, 0) is 42.9 Å². The van der Waals surface area contributed by atoms with Crippen molar-refractivity contribution in [3.63, 3.8) is 0 Å². The molecule has 2 aliphatic heterocycles. The third kappa shape index (κ3) is 5.14. The Hall–Kier alpha value is -3.20. The molecule has 2 heterocycles. The lowest BCUT2D eigenvalue weighted by Gasteiger charge is -2.37. The number of carbonyl (C=O) groups is 3. The molecule has 2 aromatic rings. The Morgan fingerprint density at radius 1 is 1.12 bits per heavy atom. The molecular formula is C25H28N2O6S. The van der Waals surface area contributed by atoms with Gasteiger partial charge in [0, 0.05) is 24.0 Å². The number of carbonyl (C=O) groups excluding carboxylic acids is 3. The Kier molecular flexibility index (Phi) is 7.62. The number of cyclic esters (lactones) is 1. The van der Waals surface area contributed by atoms with Crippen molar-refractivity contribution in [3.05, 3.63) is 59.7 Å². The molecule has 0 radical (unpaired) electrons. The van der Waals surface area contributed by atoms with Gasteiger partial charge in [0.05, 0.1) is 12.7 Å². The minimum atomic E-state index is -0.775. The lowest BCUT2D eigenvalue weighted by atomic mass is 10.0. The quantitative estimate of drug-likeness (QED) is 0.439. The fourth-order valence-corrected chi connectivity index (χ4v) is 4.76. The van der Waals surface area contributed by atoms with Crippen LogP contribution in [0, 0.1) is 0 Å². The molecule has 9 heteroatoms. The second kappa shape index (κ2) is 10.8. The normalized spacial score (nSPS) is 18.5. The summed E-state index contributed by atoms with van der Waals surface area (Å²) in [5, 5.41) is 0. The zero-order valence-electron chi connectivity index (χ0n) is 19.3. The van der Waals surface area contributed by atoms with Gasteiger partial charge in [0.25, 0.3) is 5.91 Å². The fourth-order valence-electron chi connectivity index (χ4n) is 4.34. The predicted octanol–water partition coefficient (Wildman–Crippen LogP) is 3.59. The van der Waals surface area contributed by atoms with Crippen molar-refractivity contribution in [1.29, 1.82) is 0 Å². The summed E-state index contributed by atoms with van der Waals surface area (Å²) in [5.41, 5.74) is 1.39. The lowest BCUT2D eigenvalue weighted by molar-refractivity contribution is -0.150. The average molecular weight is 485 g/mol. The standard InChI is InChI=1S/C25H28N2O6S/c1-31-22-14-19(34-2)8-9-20(22)23(28)26-12-10-18(11-13-26)27-21(16-33-25(27)30)24(29)32-15-17-6-4-3-5-7-17/h3-9,14,18,21H,10-13,15-16H2,1-2H3. The van der Waals surface area contributed by atoms with E-state index < -0.39 is 18.1 Å². The number of hydrogen-bond acceptors (Lipinski definition) is 7. The summed E-state index contributed by atoms with van der Waals surface area (Å²) in [6.07, 6.45) is 2.55. The van der Waals surface area contributed by atoms with Crippen LogP contribution >= 0.6 is 11.8 Å². The summed E-state index contributed by atoms with van der Waals surface area (Å²) < 4.78 is 16.1. The van der Waals surface area contributed by atoms with E-state index in [2.05, 4.69) is 0 Å². The van der Waals surface area contributed by atoms with Gasteiger partial charge in [-0.25, -0.2) is 9.59 Å². The summed E-state index contributed by atoms with van der Waals surface area (Å²) >= 11 is 1.58. The van der Waals surface area contributed by atoms with Crippen molar-refractivity contribution in [1.82, 2.24) is 9.80 Å². The first kappa shape index (κ1) is 23.9. The number of benzene rings is 2. The summed E-state index contributed by atoms with van der Waals surface area (Å²) in [5.74, 6) is -0.0408. The third-order valence-electron chi connectivity index (χ3n) is 6.19. The first-order valence-electron chi connectivity index (χ1n) is 11.2. The minimum absolute atomic E-state index is 0.0232. The van der Waals surface area contributed by atoms with Crippen LogP contribution in [-0.4, -0.2) is 72.9 Å². The zero-order valence-corrected chi connectivity index (χ0v) is 20.1. The van der Waals surface area contributed by atoms with E-state index in [0.717, 1.165) is 10.5 Å². The van der Waals surface area contributed by atoms with E-state index in [-0.39, 0.29) is 25.2 Å². The highest BCUT2D eigenvalue weighted by atomic mass is 32.2. The SMILES string of the molecule is COc1cc(SC)ccc1C(=O)N1CCC(N2C(=O)OCC2C(=O)OCc2ccccc2)CC1. The van der Waals surface area contributed by atoms with Crippen molar-refractivity contribution >= 4 is 29.7 Å². The maximum absolute atomic E-state index is 13.1. The minimum Gasteiger partial charge on any atom is -0.496 e. The van der Waals surface area contributed by atoms with E-state index >= 15 is 0 Å². The van der Waals surface area contributed by atoms with E-state index in [1.807, 2.05) is 48.7 Å². The molecule has 8 nitrogen and oxygen atoms in total. The number of rotatable bonds is 7. The van der Waals surface area contributed by atoms with Crippen LogP contribution in [0.4, 0.5) is 4.79 Å². The van der Waals surface area contributed by atoms with Crippen LogP contribution in [0.15, 0.2) is 53.4 Å². The highest BCUT2D eigenvalue weighted by molar-refractivity contribution is 7.98. The van der Waals surface area contributed by atoms with E-state index in [0.29, 0.717) is 37.2 Å². The Labute approximate surface area is 203 Å². The largest absolute Gasteiger partial charge is 0.496 e. The van der Waals surface area contributed by atoms with Gasteiger partial charge in [0.15, 0.2) is 6.04 Å². The van der Waals surface area contributed by atoms with Gasteiger partial charge in [0.2, 0.25) is 0 Å². The van der Waals surface area contributed by atoms with Crippen LogP contribution in [-0.2, 0) is 20.9 Å². The molecule has 0 saturated carbocycles. The second-order valence-corrected chi connectivity index (χ2v) is 9.06. The van der Waals surface area contributed by atoms with Crippen LogP contribution in [0.1, 0.15) is 28.8 Å². The second-order valence-electron chi connectivity index (χ2n) is 8.18. The summed E-state index contributed by atoms with van der Waals surface area (Å²) in [6.45, 7) is 1.05. The Morgan fingerprint density at radius 3 is 2.53 bits per heavy atom. The van der Waals surface area contributed by atoms with Crippen LogP contribution in [0.2, 0.25) is 0 Å². The molecular weight excluding hydrogens is 456 g/mol. The molecule has 4 rings (SSSR count). The molecule has 0 aliphatic carbocycles. The van der Waals surface area contributed by atoms with Gasteiger partial charge < -0.3 is 19.1 Å². The number of esters is 1. The molecule has 0 aromatic heterocycles. The van der Waals surface area contributed by atoms with Crippen molar-refractivity contribution in [2.45, 2.75) is 36.4 Å². The van der Waals surface area contributed by atoms with E-state index in [4.69, 9.17) is 14.2 Å².